The first-order valence-electron chi connectivity index (χ1n) is 5.44. The van der Waals surface area contributed by atoms with Gasteiger partial charge >= 0.3 is 0 Å². The minimum Gasteiger partial charge on any atom is -0.398 e. The van der Waals surface area contributed by atoms with Gasteiger partial charge in [-0.3, -0.25) is 0 Å². The molecule has 0 aliphatic rings. The van der Waals surface area contributed by atoms with Crippen LogP contribution >= 0.6 is 0 Å². The summed E-state index contributed by atoms with van der Waals surface area (Å²) in [6, 6.07) is 13.5. The zero-order chi connectivity index (χ0) is 12.0. The van der Waals surface area contributed by atoms with Gasteiger partial charge in [0, 0.05) is 38.6 Å². The lowest BCUT2D eigenvalue weighted by molar-refractivity contribution is 1.72. The maximum Gasteiger partial charge on any atom is 0.0495 e. The van der Waals surface area contributed by atoms with Gasteiger partial charge < -0.3 is 17.2 Å². The lowest BCUT2D eigenvalue weighted by Gasteiger charge is -2.12. The maximum absolute atomic E-state index is 6.19. The van der Waals surface area contributed by atoms with E-state index in [0.29, 0.717) is 11.4 Å². The fraction of sp³-hybridized carbons (Fsp3) is 0. The van der Waals surface area contributed by atoms with Crippen molar-refractivity contribution in [1.82, 2.24) is 0 Å². The van der Waals surface area contributed by atoms with Crippen LogP contribution in [0.5, 0.6) is 0 Å². The molecule has 0 aromatic heterocycles. The molecular weight excluding hydrogens is 210 g/mol. The number of rotatable bonds is 0. The molecule has 0 aliphatic carbocycles. The maximum atomic E-state index is 6.19. The van der Waals surface area contributed by atoms with Crippen molar-refractivity contribution in [2.24, 2.45) is 0 Å². The van der Waals surface area contributed by atoms with Crippen molar-refractivity contribution in [3.8, 4) is 0 Å². The number of anilines is 3. The summed E-state index contributed by atoms with van der Waals surface area (Å²) in [5, 5.41) is 3.70. The molecule has 0 atom stereocenters. The van der Waals surface area contributed by atoms with Gasteiger partial charge in [0.2, 0.25) is 0 Å². The van der Waals surface area contributed by atoms with Gasteiger partial charge in [-0.15, -0.1) is 0 Å². The number of hydrogen-bond acceptors (Lipinski definition) is 3. The van der Waals surface area contributed by atoms with E-state index in [1.807, 2.05) is 42.5 Å². The van der Waals surface area contributed by atoms with Crippen LogP contribution in [0.3, 0.4) is 0 Å². The third kappa shape index (κ3) is 1.22. The third-order valence-electron chi connectivity index (χ3n) is 3.16. The SMILES string of the molecule is Nc1c2ccccc2c(N)c2c(N)cccc12. The molecule has 0 unspecified atom stereocenters. The Kier molecular flexibility index (Phi) is 1.89. The third-order valence-corrected chi connectivity index (χ3v) is 3.16. The first-order chi connectivity index (χ1) is 8.20. The smallest absolute Gasteiger partial charge is 0.0495 e. The topological polar surface area (TPSA) is 78.1 Å². The lowest BCUT2D eigenvalue weighted by atomic mass is 9.98. The molecule has 3 aromatic rings. The molecule has 0 bridgehead atoms. The average Bonchev–Trinajstić information content (AvgIpc) is 2.36. The summed E-state index contributed by atoms with van der Waals surface area (Å²) < 4.78 is 0. The summed E-state index contributed by atoms with van der Waals surface area (Å²) in [7, 11) is 0. The number of nitrogens with two attached hydrogens (primary N) is 3. The molecule has 0 amide bonds. The quantitative estimate of drug-likeness (QED) is 0.311. The Bertz CT molecular complexity index is 732. The Morgan fingerprint density at radius 3 is 1.88 bits per heavy atom. The highest BCUT2D eigenvalue weighted by molar-refractivity contribution is 6.21. The molecular formula is C14H13N3. The van der Waals surface area contributed by atoms with Crippen molar-refractivity contribution in [3.05, 3.63) is 42.5 Å². The second-order valence-electron chi connectivity index (χ2n) is 4.14. The van der Waals surface area contributed by atoms with Crippen LogP contribution in [0.25, 0.3) is 21.5 Å². The molecule has 0 saturated heterocycles. The van der Waals surface area contributed by atoms with Crippen molar-refractivity contribution in [2.75, 3.05) is 17.2 Å². The summed E-state index contributed by atoms with van der Waals surface area (Å²) in [5.74, 6) is 0. The van der Waals surface area contributed by atoms with Crippen molar-refractivity contribution in [1.29, 1.82) is 0 Å². The van der Waals surface area contributed by atoms with Crippen molar-refractivity contribution >= 4 is 38.6 Å². The minimum absolute atomic E-state index is 0.664. The van der Waals surface area contributed by atoms with Crippen LogP contribution in [-0.2, 0) is 0 Å². The van der Waals surface area contributed by atoms with E-state index in [2.05, 4.69) is 0 Å². The number of hydrogen-bond donors (Lipinski definition) is 3. The predicted molar refractivity (Wildman–Crippen MR) is 74.7 cm³/mol. The molecule has 0 fully saturated rings. The van der Waals surface area contributed by atoms with Crippen molar-refractivity contribution in [3.63, 3.8) is 0 Å². The number of benzene rings is 3. The second kappa shape index (κ2) is 3.28. The molecule has 0 saturated carbocycles. The molecule has 0 radical (unpaired) electrons. The molecule has 6 N–H and O–H groups in total. The van der Waals surface area contributed by atoms with Crippen LogP contribution in [0, 0.1) is 0 Å². The zero-order valence-electron chi connectivity index (χ0n) is 9.27. The fourth-order valence-corrected chi connectivity index (χ4v) is 2.33. The largest absolute Gasteiger partial charge is 0.398 e. The van der Waals surface area contributed by atoms with Gasteiger partial charge in [-0.25, -0.2) is 0 Å². The Labute approximate surface area is 98.8 Å². The number of nitrogen functional groups attached to an aromatic ring is 3. The summed E-state index contributed by atoms with van der Waals surface area (Å²) >= 11 is 0. The molecule has 0 aliphatic heterocycles. The summed E-state index contributed by atoms with van der Waals surface area (Å²) in [5.41, 5.74) is 20.4. The van der Waals surface area contributed by atoms with E-state index in [1.54, 1.807) is 0 Å². The van der Waals surface area contributed by atoms with Gasteiger partial charge in [-0.1, -0.05) is 36.4 Å². The van der Waals surface area contributed by atoms with Gasteiger partial charge in [0.05, 0.1) is 0 Å². The van der Waals surface area contributed by atoms with E-state index in [0.717, 1.165) is 27.2 Å². The van der Waals surface area contributed by atoms with Crippen LogP contribution in [0.2, 0.25) is 0 Å². The fourth-order valence-electron chi connectivity index (χ4n) is 2.33. The predicted octanol–water partition coefficient (Wildman–Crippen LogP) is 2.74. The Hall–Kier alpha value is -2.42. The Morgan fingerprint density at radius 2 is 1.18 bits per heavy atom. The first kappa shape index (κ1) is 9.78. The summed E-state index contributed by atoms with van der Waals surface area (Å²) in [6.07, 6.45) is 0. The van der Waals surface area contributed by atoms with Crippen LogP contribution < -0.4 is 17.2 Å². The van der Waals surface area contributed by atoms with Crippen molar-refractivity contribution < 1.29 is 0 Å². The van der Waals surface area contributed by atoms with Gasteiger partial charge in [-0.05, 0) is 6.07 Å². The van der Waals surface area contributed by atoms with Crippen LogP contribution in [0.1, 0.15) is 0 Å². The van der Waals surface area contributed by atoms with E-state index >= 15 is 0 Å². The van der Waals surface area contributed by atoms with Gasteiger partial charge in [0.1, 0.15) is 0 Å². The molecule has 0 heterocycles. The first-order valence-corrected chi connectivity index (χ1v) is 5.44. The van der Waals surface area contributed by atoms with E-state index in [-0.39, 0.29) is 0 Å². The molecule has 3 nitrogen and oxygen atoms in total. The van der Waals surface area contributed by atoms with Crippen LogP contribution in [0.4, 0.5) is 17.1 Å². The van der Waals surface area contributed by atoms with Gasteiger partial charge in [0.15, 0.2) is 0 Å². The number of fused-ring (bicyclic) bond motifs is 2. The Balaban J connectivity index is 2.69. The molecule has 0 spiro atoms. The summed E-state index contributed by atoms with van der Waals surface area (Å²) in [6.45, 7) is 0. The molecule has 3 aromatic carbocycles. The molecule has 84 valence electrons. The molecule has 3 rings (SSSR count). The Morgan fingerprint density at radius 1 is 0.588 bits per heavy atom. The average molecular weight is 223 g/mol. The summed E-state index contributed by atoms with van der Waals surface area (Å²) in [4.78, 5) is 0. The van der Waals surface area contributed by atoms with Crippen LogP contribution in [-0.4, -0.2) is 0 Å². The monoisotopic (exact) mass is 223 g/mol. The highest BCUT2D eigenvalue weighted by Crippen LogP contribution is 2.38. The van der Waals surface area contributed by atoms with E-state index in [9.17, 15) is 0 Å². The van der Waals surface area contributed by atoms with E-state index in [4.69, 9.17) is 17.2 Å². The van der Waals surface area contributed by atoms with Gasteiger partial charge in [-0.2, -0.15) is 0 Å². The zero-order valence-corrected chi connectivity index (χ0v) is 9.27. The molecule has 3 heteroatoms. The normalized spacial score (nSPS) is 11.1. The minimum atomic E-state index is 0.664. The van der Waals surface area contributed by atoms with Crippen molar-refractivity contribution in [2.45, 2.75) is 0 Å². The van der Waals surface area contributed by atoms with E-state index < -0.39 is 0 Å². The molecule has 17 heavy (non-hydrogen) atoms. The van der Waals surface area contributed by atoms with E-state index in [1.165, 1.54) is 0 Å². The standard InChI is InChI=1S/C14H13N3/c15-11-7-3-6-10-12(11)14(17)9-5-2-1-4-8(9)13(10)16/h1-7H,15-17H2. The highest BCUT2D eigenvalue weighted by atomic mass is 14.6. The highest BCUT2D eigenvalue weighted by Gasteiger charge is 2.10. The lowest BCUT2D eigenvalue weighted by Crippen LogP contribution is -1.98. The van der Waals surface area contributed by atoms with Crippen LogP contribution in [0.15, 0.2) is 42.5 Å². The second-order valence-corrected chi connectivity index (χ2v) is 4.14. The van der Waals surface area contributed by atoms with Gasteiger partial charge in [0.25, 0.3) is 0 Å².